The van der Waals surface area contributed by atoms with Crippen LogP contribution in [0.15, 0.2) is 40.5 Å². The molecule has 8 heteroatoms. The fraction of sp³-hybridized carbons (Fsp3) is 0.154. The van der Waals surface area contributed by atoms with Crippen molar-refractivity contribution in [2.24, 2.45) is 0 Å². The van der Waals surface area contributed by atoms with E-state index >= 15 is 0 Å². The van der Waals surface area contributed by atoms with E-state index < -0.39 is 21.8 Å². The Hall–Kier alpha value is -2.48. The lowest BCUT2D eigenvalue weighted by Crippen LogP contribution is -2.36. The molecule has 1 unspecified atom stereocenters. The first-order valence-corrected chi connectivity index (χ1v) is 7.87. The van der Waals surface area contributed by atoms with Crippen LogP contribution in [-0.2, 0) is 9.84 Å². The number of hydrogen-bond acceptors (Lipinski definition) is 5. The summed E-state index contributed by atoms with van der Waals surface area (Å²) in [4.78, 5) is 23.9. The van der Waals surface area contributed by atoms with Crippen molar-refractivity contribution in [2.75, 3.05) is 5.75 Å². The third-order valence-electron chi connectivity index (χ3n) is 3.16. The van der Waals surface area contributed by atoms with Gasteiger partial charge in [-0.2, -0.15) is 5.10 Å². The summed E-state index contributed by atoms with van der Waals surface area (Å²) in [5.74, 6) is -0.700. The predicted molar refractivity (Wildman–Crippen MR) is 76.5 cm³/mol. The first-order valence-electron chi connectivity index (χ1n) is 6.15. The van der Waals surface area contributed by atoms with E-state index in [9.17, 15) is 18.0 Å². The molecule has 1 aromatic carbocycles. The normalized spacial score (nSPS) is 19.7. The van der Waals surface area contributed by atoms with Gasteiger partial charge in [0.05, 0.1) is 17.2 Å². The number of carbonyl (C=O) groups is 1. The summed E-state index contributed by atoms with van der Waals surface area (Å²) in [6.45, 7) is 0. The third kappa shape index (κ3) is 2.57. The van der Waals surface area contributed by atoms with Crippen LogP contribution < -0.4 is 10.9 Å². The number of fused-ring (bicyclic) bond motifs is 1. The molecule has 21 heavy (non-hydrogen) atoms. The maximum atomic E-state index is 12.2. The van der Waals surface area contributed by atoms with Gasteiger partial charge in [0, 0.05) is 10.8 Å². The molecule has 7 nitrogen and oxygen atoms in total. The van der Waals surface area contributed by atoms with Crippen molar-refractivity contribution in [3.05, 3.63) is 51.8 Å². The van der Waals surface area contributed by atoms with Gasteiger partial charge in [-0.1, -0.05) is 18.2 Å². The van der Waals surface area contributed by atoms with E-state index in [0.717, 1.165) is 5.41 Å². The van der Waals surface area contributed by atoms with Gasteiger partial charge in [0.25, 0.3) is 11.5 Å². The number of nitrogens with one attached hydrogen (secondary N) is 2. The van der Waals surface area contributed by atoms with E-state index in [1.807, 2.05) is 0 Å². The molecule has 3 rings (SSSR count). The smallest absolute Gasteiger partial charge is 0.272 e. The van der Waals surface area contributed by atoms with Crippen molar-refractivity contribution >= 4 is 26.5 Å². The van der Waals surface area contributed by atoms with Crippen LogP contribution >= 0.6 is 0 Å². The lowest BCUT2D eigenvalue weighted by Gasteiger charge is -2.10. The molecule has 1 aliphatic rings. The van der Waals surface area contributed by atoms with E-state index in [-0.39, 0.29) is 17.0 Å². The van der Waals surface area contributed by atoms with E-state index in [4.69, 9.17) is 0 Å². The molecule has 1 amide bonds. The number of aromatic nitrogens is 2. The van der Waals surface area contributed by atoms with Gasteiger partial charge >= 0.3 is 0 Å². The highest BCUT2D eigenvalue weighted by molar-refractivity contribution is 7.94. The summed E-state index contributed by atoms with van der Waals surface area (Å²) in [5, 5.41) is 10.5. The molecule has 0 fully saturated rings. The number of hydrogen-bond donors (Lipinski definition) is 2. The lowest BCUT2D eigenvalue weighted by atomic mass is 10.1. The van der Waals surface area contributed by atoms with E-state index in [1.165, 1.54) is 6.08 Å². The largest absolute Gasteiger partial charge is 0.343 e. The number of H-pyrrole nitrogens is 1. The predicted octanol–water partition coefficient (Wildman–Crippen LogP) is -0.0364. The zero-order chi connectivity index (χ0) is 15.0. The topological polar surface area (TPSA) is 109 Å². The van der Waals surface area contributed by atoms with Crippen molar-refractivity contribution in [1.82, 2.24) is 15.5 Å². The molecule has 2 heterocycles. The molecule has 2 aromatic rings. The van der Waals surface area contributed by atoms with Gasteiger partial charge in [0.2, 0.25) is 0 Å². The summed E-state index contributed by atoms with van der Waals surface area (Å²) in [5.41, 5.74) is -0.326. The Bertz CT molecular complexity index is 914. The highest BCUT2D eigenvalue weighted by Gasteiger charge is 2.24. The molecule has 0 bridgehead atoms. The van der Waals surface area contributed by atoms with Crippen LogP contribution in [-0.4, -0.2) is 36.3 Å². The van der Waals surface area contributed by atoms with Crippen LogP contribution in [0.2, 0.25) is 0 Å². The zero-order valence-corrected chi connectivity index (χ0v) is 11.6. The van der Waals surface area contributed by atoms with Crippen LogP contribution in [0.25, 0.3) is 10.8 Å². The van der Waals surface area contributed by atoms with E-state index in [0.29, 0.717) is 10.8 Å². The van der Waals surface area contributed by atoms with E-state index in [1.54, 1.807) is 24.3 Å². The average Bonchev–Trinajstić information content (AvgIpc) is 2.78. The van der Waals surface area contributed by atoms with Gasteiger partial charge in [-0.05, 0) is 12.1 Å². The Labute approximate surface area is 119 Å². The highest BCUT2D eigenvalue weighted by atomic mass is 32.2. The van der Waals surface area contributed by atoms with Gasteiger partial charge in [0.1, 0.15) is 0 Å². The Balaban J connectivity index is 1.95. The summed E-state index contributed by atoms with van der Waals surface area (Å²) in [7, 11) is -3.25. The Kier molecular flexibility index (Phi) is 3.09. The van der Waals surface area contributed by atoms with Crippen LogP contribution in [0, 0.1) is 0 Å². The van der Waals surface area contributed by atoms with Crippen molar-refractivity contribution in [1.29, 1.82) is 0 Å². The van der Waals surface area contributed by atoms with Crippen LogP contribution in [0.1, 0.15) is 10.5 Å². The minimum Gasteiger partial charge on any atom is -0.343 e. The summed E-state index contributed by atoms with van der Waals surface area (Å²) in [6, 6.07) is 6.00. The molecule has 2 N–H and O–H groups in total. The molecular formula is C13H11N3O4S. The van der Waals surface area contributed by atoms with Gasteiger partial charge < -0.3 is 5.32 Å². The highest BCUT2D eigenvalue weighted by Crippen LogP contribution is 2.13. The van der Waals surface area contributed by atoms with Crippen molar-refractivity contribution in [2.45, 2.75) is 6.04 Å². The first kappa shape index (κ1) is 13.5. The number of carbonyl (C=O) groups excluding carboxylic acids is 1. The van der Waals surface area contributed by atoms with Crippen molar-refractivity contribution in [3.63, 3.8) is 0 Å². The van der Waals surface area contributed by atoms with Gasteiger partial charge in [-0.25, -0.2) is 13.5 Å². The number of nitrogens with zero attached hydrogens (tertiary/aromatic N) is 1. The fourth-order valence-corrected chi connectivity index (χ4v) is 3.43. The molecule has 1 aromatic heterocycles. The minimum atomic E-state index is -3.25. The van der Waals surface area contributed by atoms with E-state index in [2.05, 4.69) is 15.5 Å². The zero-order valence-electron chi connectivity index (χ0n) is 10.7. The van der Waals surface area contributed by atoms with Gasteiger partial charge in [-0.3, -0.25) is 9.59 Å². The van der Waals surface area contributed by atoms with Crippen molar-refractivity contribution < 1.29 is 13.2 Å². The second-order valence-electron chi connectivity index (χ2n) is 4.68. The molecule has 0 spiro atoms. The first-order chi connectivity index (χ1) is 9.96. The van der Waals surface area contributed by atoms with Crippen LogP contribution in [0.3, 0.4) is 0 Å². The standard InChI is InChI=1S/C13H11N3O4S/c17-12-10-4-2-1-3-9(10)11(15-16-12)13(18)14-8-5-6-21(19,20)7-8/h1-6,8H,7H2,(H,14,18)(H,16,17). The van der Waals surface area contributed by atoms with Gasteiger partial charge in [0.15, 0.2) is 15.5 Å². The maximum Gasteiger partial charge on any atom is 0.272 e. The summed E-state index contributed by atoms with van der Waals surface area (Å²) < 4.78 is 22.6. The Morgan fingerprint density at radius 1 is 1.29 bits per heavy atom. The SMILES string of the molecule is O=C(NC1C=CS(=O)(=O)C1)c1n[nH]c(=O)c2ccccc12. The number of rotatable bonds is 2. The molecule has 0 saturated carbocycles. The van der Waals surface area contributed by atoms with Crippen LogP contribution in [0.4, 0.5) is 0 Å². The van der Waals surface area contributed by atoms with Crippen molar-refractivity contribution in [3.8, 4) is 0 Å². The molecule has 0 radical (unpaired) electrons. The average molecular weight is 305 g/mol. The summed E-state index contributed by atoms with van der Waals surface area (Å²) in [6.07, 6.45) is 1.42. The fourth-order valence-electron chi connectivity index (χ4n) is 2.19. The molecule has 1 atom stereocenters. The minimum absolute atomic E-state index is 0.0582. The Morgan fingerprint density at radius 3 is 2.67 bits per heavy atom. The number of benzene rings is 1. The number of amides is 1. The lowest BCUT2D eigenvalue weighted by molar-refractivity contribution is 0.0943. The quantitative estimate of drug-likeness (QED) is 0.809. The molecular weight excluding hydrogens is 294 g/mol. The molecule has 0 saturated heterocycles. The second-order valence-corrected chi connectivity index (χ2v) is 6.62. The summed E-state index contributed by atoms with van der Waals surface area (Å²) >= 11 is 0. The molecule has 0 aliphatic carbocycles. The number of sulfone groups is 1. The van der Waals surface area contributed by atoms with Crippen LogP contribution in [0.5, 0.6) is 0 Å². The second kappa shape index (κ2) is 4.81. The molecule has 1 aliphatic heterocycles. The molecule has 108 valence electrons. The maximum absolute atomic E-state index is 12.2. The number of aromatic amines is 1. The third-order valence-corrected chi connectivity index (χ3v) is 4.55. The monoisotopic (exact) mass is 305 g/mol. The van der Waals surface area contributed by atoms with Gasteiger partial charge in [-0.15, -0.1) is 0 Å². The Morgan fingerprint density at radius 2 is 2.00 bits per heavy atom.